The summed E-state index contributed by atoms with van der Waals surface area (Å²) in [5, 5.41) is 7.97. The summed E-state index contributed by atoms with van der Waals surface area (Å²) in [7, 11) is 5.96. The second kappa shape index (κ2) is 11.7. The Balaban J connectivity index is 1.65. The maximum Gasteiger partial charge on any atom is 0.248 e. The van der Waals surface area contributed by atoms with E-state index >= 15 is 0 Å². The van der Waals surface area contributed by atoms with E-state index in [1.807, 2.05) is 33.3 Å². The fourth-order valence-corrected chi connectivity index (χ4v) is 5.82. The second-order valence-electron chi connectivity index (χ2n) is 11.0. The fraction of sp³-hybridized carbons (Fsp3) is 0.344. The first-order chi connectivity index (χ1) is 19.7. The van der Waals surface area contributed by atoms with Gasteiger partial charge < -0.3 is 30.6 Å². The minimum atomic E-state index is -0.561. The topological polar surface area (TPSA) is 110 Å². The van der Waals surface area contributed by atoms with Crippen LogP contribution in [0.2, 0.25) is 0 Å². The van der Waals surface area contributed by atoms with Gasteiger partial charge in [0.05, 0.1) is 24.6 Å². The molecule has 0 aliphatic carbocycles. The number of anilines is 3. The number of nitrogens with one attached hydrogen (secondary N) is 2. The Kier molecular flexibility index (Phi) is 8.10. The predicted molar refractivity (Wildman–Crippen MR) is 166 cm³/mol. The smallest absolute Gasteiger partial charge is 0.248 e. The molecule has 0 bridgehead atoms. The number of nitrogens with two attached hydrogens (primary N) is 1. The number of benzene rings is 2. The summed E-state index contributed by atoms with van der Waals surface area (Å²) in [5.74, 6) is 0.0890. The Hall–Kier alpha value is -4.21. The van der Waals surface area contributed by atoms with Crippen LogP contribution in [-0.4, -0.2) is 59.6 Å². The molecule has 214 valence electrons. The summed E-state index contributed by atoms with van der Waals surface area (Å²) in [4.78, 5) is 24.0. The number of hydrogen-bond donors (Lipinski definition) is 3. The van der Waals surface area contributed by atoms with E-state index in [0.717, 1.165) is 64.3 Å². The van der Waals surface area contributed by atoms with Gasteiger partial charge in [0.15, 0.2) is 0 Å². The van der Waals surface area contributed by atoms with Gasteiger partial charge in [-0.05, 0) is 55.8 Å². The van der Waals surface area contributed by atoms with E-state index < -0.39 is 5.91 Å². The van der Waals surface area contributed by atoms with E-state index in [2.05, 4.69) is 69.8 Å². The van der Waals surface area contributed by atoms with Crippen LogP contribution in [-0.2, 0) is 29.1 Å². The van der Waals surface area contributed by atoms with Gasteiger partial charge in [0.2, 0.25) is 11.9 Å². The van der Waals surface area contributed by atoms with Gasteiger partial charge in [0.25, 0.3) is 0 Å². The molecule has 41 heavy (non-hydrogen) atoms. The van der Waals surface area contributed by atoms with Crippen LogP contribution >= 0.6 is 0 Å². The van der Waals surface area contributed by atoms with Crippen molar-refractivity contribution in [2.45, 2.75) is 39.3 Å². The number of nitrogens with zero attached hydrogens (tertiary/aromatic N) is 4. The molecule has 0 atom stereocenters. The minimum Gasteiger partial charge on any atom is -0.387 e. The van der Waals surface area contributed by atoms with E-state index in [4.69, 9.17) is 15.5 Å². The number of ether oxygens (including phenoxy) is 1. The summed E-state index contributed by atoms with van der Waals surface area (Å²) >= 11 is 0. The number of primary amides is 1. The van der Waals surface area contributed by atoms with Crippen LogP contribution in [0.15, 0.2) is 49.2 Å². The molecular formula is C32H39N7O2. The van der Waals surface area contributed by atoms with Gasteiger partial charge in [-0.25, -0.2) is 9.97 Å². The van der Waals surface area contributed by atoms with Crippen molar-refractivity contribution in [1.29, 1.82) is 0 Å². The zero-order valence-electron chi connectivity index (χ0n) is 24.5. The lowest BCUT2D eigenvalue weighted by Gasteiger charge is -2.26. The first-order valence-corrected chi connectivity index (χ1v) is 14.0. The zero-order valence-corrected chi connectivity index (χ0v) is 24.5. The Labute approximate surface area is 241 Å². The highest BCUT2D eigenvalue weighted by molar-refractivity contribution is 6.20. The number of amides is 1. The molecule has 4 N–H and O–H groups in total. The fourth-order valence-electron chi connectivity index (χ4n) is 5.82. The number of carbonyl (C=O) groups is 1. The van der Waals surface area contributed by atoms with Crippen LogP contribution in [0.1, 0.15) is 42.1 Å². The SMILES string of the molecule is C=C(C(N)=O)c1cc(Nc2nccc(-c3c4n(c5ccccc35)CCOC4)n2)c(C(C)C)c(CCN(C)C)c1NC. The van der Waals surface area contributed by atoms with Crippen molar-refractivity contribution in [2.24, 2.45) is 5.73 Å². The molecule has 0 unspecified atom stereocenters. The highest BCUT2D eigenvalue weighted by Crippen LogP contribution is 2.40. The summed E-state index contributed by atoms with van der Waals surface area (Å²) in [6, 6.07) is 12.3. The van der Waals surface area contributed by atoms with Crippen molar-refractivity contribution in [1.82, 2.24) is 19.4 Å². The summed E-state index contributed by atoms with van der Waals surface area (Å²) < 4.78 is 8.18. The molecule has 0 saturated heterocycles. The molecule has 1 amide bonds. The summed E-state index contributed by atoms with van der Waals surface area (Å²) in [5.41, 5.74) is 14.8. The maximum absolute atomic E-state index is 12.3. The summed E-state index contributed by atoms with van der Waals surface area (Å²) in [6.07, 6.45) is 2.55. The van der Waals surface area contributed by atoms with Crippen LogP contribution < -0.4 is 16.4 Å². The monoisotopic (exact) mass is 553 g/mol. The van der Waals surface area contributed by atoms with Crippen molar-refractivity contribution in [3.05, 3.63) is 71.6 Å². The van der Waals surface area contributed by atoms with Crippen molar-refractivity contribution in [2.75, 3.05) is 44.9 Å². The molecule has 0 saturated carbocycles. The molecule has 0 radical (unpaired) electrons. The Morgan fingerprint density at radius 3 is 2.73 bits per heavy atom. The average molecular weight is 554 g/mol. The maximum atomic E-state index is 12.3. The van der Waals surface area contributed by atoms with Crippen LogP contribution in [0.3, 0.4) is 0 Å². The lowest BCUT2D eigenvalue weighted by atomic mass is 9.87. The van der Waals surface area contributed by atoms with Crippen molar-refractivity contribution in [3.8, 4) is 11.3 Å². The third-order valence-electron chi connectivity index (χ3n) is 7.67. The number of para-hydroxylation sites is 1. The van der Waals surface area contributed by atoms with E-state index in [9.17, 15) is 4.79 Å². The zero-order chi connectivity index (χ0) is 29.3. The number of fused-ring (bicyclic) bond motifs is 3. The van der Waals surface area contributed by atoms with Gasteiger partial charge in [0, 0.05) is 65.3 Å². The number of carbonyl (C=O) groups excluding carboxylic acids is 1. The first-order valence-electron chi connectivity index (χ1n) is 14.0. The van der Waals surface area contributed by atoms with Gasteiger partial charge in [-0.15, -0.1) is 0 Å². The third-order valence-corrected chi connectivity index (χ3v) is 7.67. The number of likely N-dealkylation sites (N-methyl/N-ethyl adjacent to an activating group) is 1. The molecular weight excluding hydrogens is 514 g/mol. The quantitative estimate of drug-likeness (QED) is 0.233. The van der Waals surface area contributed by atoms with Gasteiger partial charge in [-0.1, -0.05) is 38.6 Å². The highest BCUT2D eigenvalue weighted by atomic mass is 16.5. The highest BCUT2D eigenvalue weighted by Gasteiger charge is 2.25. The van der Waals surface area contributed by atoms with E-state index in [0.29, 0.717) is 24.7 Å². The van der Waals surface area contributed by atoms with Crippen molar-refractivity contribution >= 4 is 39.7 Å². The number of hydrogen-bond acceptors (Lipinski definition) is 7. The van der Waals surface area contributed by atoms with E-state index in [1.54, 1.807) is 6.20 Å². The molecule has 9 nitrogen and oxygen atoms in total. The molecule has 1 aliphatic heterocycles. The number of aromatic nitrogens is 3. The molecule has 5 rings (SSSR count). The van der Waals surface area contributed by atoms with Crippen molar-refractivity contribution in [3.63, 3.8) is 0 Å². The largest absolute Gasteiger partial charge is 0.387 e. The predicted octanol–water partition coefficient (Wildman–Crippen LogP) is 5.14. The van der Waals surface area contributed by atoms with Gasteiger partial charge >= 0.3 is 0 Å². The lowest BCUT2D eigenvalue weighted by molar-refractivity contribution is -0.112. The molecule has 0 spiro atoms. The van der Waals surface area contributed by atoms with Crippen LogP contribution in [0, 0.1) is 0 Å². The molecule has 2 aromatic carbocycles. The molecule has 3 heterocycles. The molecule has 0 fully saturated rings. The van der Waals surface area contributed by atoms with Gasteiger partial charge in [-0.3, -0.25) is 4.79 Å². The minimum absolute atomic E-state index is 0.181. The summed E-state index contributed by atoms with van der Waals surface area (Å²) in [6.45, 7) is 11.2. The normalized spacial score (nSPS) is 13.0. The Morgan fingerprint density at radius 2 is 2.02 bits per heavy atom. The van der Waals surface area contributed by atoms with Crippen LogP contribution in [0.25, 0.3) is 27.7 Å². The van der Waals surface area contributed by atoms with Crippen molar-refractivity contribution < 1.29 is 9.53 Å². The third kappa shape index (κ3) is 5.42. The molecule has 2 aromatic heterocycles. The first kappa shape index (κ1) is 28.3. The van der Waals surface area contributed by atoms with Crippen LogP contribution in [0.4, 0.5) is 17.3 Å². The molecule has 9 heteroatoms. The Morgan fingerprint density at radius 1 is 1.24 bits per heavy atom. The number of rotatable bonds is 10. The lowest BCUT2D eigenvalue weighted by Crippen LogP contribution is -2.19. The molecule has 1 aliphatic rings. The molecule has 4 aromatic rings. The average Bonchev–Trinajstić information content (AvgIpc) is 3.29. The second-order valence-corrected chi connectivity index (χ2v) is 11.0. The van der Waals surface area contributed by atoms with Crippen LogP contribution in [0.5, 0.6) is 0 Å². The Bertz CT molecular complexity index is 1620. The van der Waals surface area contributed by atoms with E-state index in [-0.39, 0.29) is 11.5 Å². The van der Waals surface area contributed by atoms with Gasteiger partial charge in [-0.2, -0.15) is 0 Å². The van der Waals surface area contributed by atoms with E-state index in [1.165, 1.54) is 5.52 Å². The standard InChI is InChI=1S/C32H39N7O2/c1-19(2)28-22(12-14-38(5)6)30(34-4)23(20(3)31(33)40)17-25(28)37-32-35-13-11-24(36-32)29-21-9-7-8-10-26(21)39-15-16-41-18-27(29)39/h7-11,13,17,19,34H,3,12,14-16,18H2,1-2,4-6H3,(H2,33,40)(H,35,36,37). The van der Waals surface area contributed by atoms with Gasteiger partial charge in [0.1, 0.15) is 0 Å².